The van der Waals surface area contributed by atoms with Gasteiger partial charge in [-0.05, 0) is 38.2 Å². The van der Waals surface area contributed by atoms with Crippen molar-refractivity contribution in [2.75, 3.05) is 0 Å². The van der Waals surface area contributed by atoms with Crippen LogP contribution < -0.4 is 0 Å². The minimum absolute atomic E-state index is 0.0808. The van der Waals surface area contributed by atoms with E-state index in [0.29, 0.717) is 6.42 Å². The summed E-state index contributed by atoms with van der Waals surface area (Å²) in [6.45, 7) is 1.37. The summed E-state index contributed by atoms with van der Waals surface area (Å²) in [6.07, 6.45) is -2.21. The normalized spacial score (nSPS) is 25.1. The summed E-state index contributed by atoms with van der Waals surface area (Å²) in [5, 5.41) is 15.4. The molecular formula is C14H15F3N2O2S. The Labute approximate surface area is 129 Å². The molecule has 1 atom stereocenters. The number of halogens is 3. The van der Waals surface area contributed by atoms with Crippen molar-refractivity contribution in [2.45, 2.75) is 50.9 Å². The van der Waals surface area contributed by atoms with E-state index in [1.807, 2.05) is 0 Å². The average molecular weight is 332 g/mol. The van der Waals surface area contributed by atoms with E-state index >= 15 is 0 Å². The molecule has 1 amide bonds. The summed E-state index contributed by atoms with van der Waals surface area (Å²) in [5.74, 6) is -0.879. The van der Waals surface area contributed by atoms with Crippen LogP contribution in [0.2, 0.25) is 0 Å². The lowest BCUT2D eigenvalue weighted by Crippen LogP contribution is -2.56. The van der Waals surface area contributed by atoms with E-state index in [9.17, 15) is 23.1 Å². The highest BCUT2D eigenvalue weighted by Crippen LogP contribution is 2.42. The molecule has 0 spiro atoms. The van der Waals surface area contributed by atoms with E-state index < -0.39 is 24.2 Å². The van der Waals surface area contributed by atoms with Crippen LogP contribution in [0.1, 0.15) is 47.0 Å². The van der Waals surface area contributed by atoms with Crippen molar-refractivity contribution >= 4 is 23.0 Å². The van der Waals surface area contributed by atoms with Gasteiger partial charge in [0, 0.05) is 22.4 Å². The maximum atomic E-state index is 13.2. The van der Waals surface area contributed by atoms with Gasteiger partial charge in [0.25, 0.3) is 11.6 Å². The fourth-order valence-corrected chi connectivity index (χ4v) is 4.06. The maximum Gasteiger partial charge on any atom is 0.438 e. The predicted molar refractivity (Wildman–Crippen MR) is 75.9 cm³/mol. The van der Waals surface area contributed by atoms with Crippen LogP contribution in [0.5, 0.6) is 0 Å². The van der Waals surface area contributed by atoms with E-state index in [1.165, 1.54) is 18.3 Å². The quantitative estimate of drug-likeness (QED) is 0.859. The number of fused-ring (bicyclic) bond motifs is 1. The van der Waals surface area contributed by atoms with Gasteiger partial charge in [0.2, 0.25) is 0 Å². The number of carbonyl (C=O) groups is 1. The summed E-state index contributed by atoms with van der Waals surface area (Å²) in [5.41, 5.74) is -2.12. The minimum atomic E-state index is -4.96. The molecule has 1 aliphatic carbocycles. The third kappa shape index (κ3) is 2.25. The van der Waals surface area contributed by atoms with Crippen LogP contribution in [0.15, 0.2) is 10.5 Å². The summed E-state index contributed by atoms with van der Waals surface area (Å²) in [7, 11) is 0. The average Bonchev–Trinajstić information content (AvgIpc) is 2.99. The van der Waals surface area contributed by atoms with Crippen molar-refractivity contribution in [3.63, 3.8) is 0 Å². The molecule has 120 valence electrons. The summed E-state index contributed by atoms with van der Waals surface area (Å²) < 4.78 is 39.6. The van der Waals surface area contributed by atoms with Crippen LogP contribution in [0.4, 0.5) is 13.2 Å². The molecule has 0 radical (unpaired) electrons. The van der Waals surface area contributed by atoms with E-state index in [-0.39, 0.29) is 16.3 Å². The molecule has 2 aliphatic rings. The molecule has 1 aromatic rings. The third-order valence-corrected chi connectivity index (χ3v) is 5.15. The Morgan fingerprint density at radius 1 is 1.41 bits per heavy atom. The lowest BCUT2D eigenvalue weighted by atomic mass is 9.95. The van der Waals surface area contributed by atoms with E-state index in [2.05, 4.69) is 5.10 Å². The first-order valence-electron chi connectivity index (χ1n) is 7.01. The number of hydrazone groups is 1. The van der Waals surface area contributed by atoms with Gasteiger partial charge in [0.1, 0.15) is 0 Å². The Hall–Kier alpha value is -1.41. The Balaban J connectivity index is 1.99. The first-order chi connectivity index (χ1) is 10.2. The SMILES string of the molecule is CC1=NN(C(=O)c2csc3c2CCCC3)C(O)(C(F)(F)F)C1. The van der Waals surface area contributed by atoms with E-state index in [0.717, 1.165) is 29.7 Å². The Morgan fingerprint density at radius 3 is 2.77 bits per heavy atom. The van der Waals surface area contributed by atoms with Crippen LogP contribution in [0.25, 0.3) is 0 Å². The van der Waals surface area contributed by atoms with Gasteiger partial charge in [0.15, 0.2) is 0 Å². The number of rotatable bonds is 1. The second-order valence-corrected chi connectivity index (χ2v) is 6.67. The van der Waals surface area contributed by atoms with Crippen molar-refractivity contribution < 1.29 is 23.1 Å². The Morgan fingerprint density at radius 2 is 2.09 bits per heavy atom. The van der Waals surface area contributed by atoms with Crippen LogP contribution in [-0.2, 0) is 12.8 Å². The molecule has 0 saturated carbocycles. The highest BCUT2D eigenvalue weighted by molar-refractivity contribution is 7.10. The number of carbonyl (C=O) groups excluding carboxylic acids is 1. The van der Waals surface area contributed by atoms with Crippen LogP contribution >= 0.6 is 11.3 Å². The molecule has 0 bridgehead atoms. The van der Waals surface area contributed by atoms with Crippen molar-refractivity contribution in [2.24, 2.45) is 5.10 Å². The zero-order valence-corrected chi connectivity index (χ0v) is 12.7. The Bertz CT molecular complexity index is 653. The summed E-state index contributed by atoms with van der Waals surface area (Å²) >= 11 is 1.39. The standard InChI is InChI=1S/C14H15F3N2O2S/c1-8-6-13(21,14(15,16)17)19(18-8)12(20)10-7-22-11-5-3-2-4-9(10)11/h7,21H,2-6H2,1H3. The fraction of sp³-hybridized carbons (Fsp3) is 0.571. The lowest BCUT2D eigenvalue weighted by molar-refractivity contribution is -0.297. The molecule has 2 heterocycles. The molecule has 4 nitrogen and oxygen atoms in total. The number of hydrogen-bond donors (Lipinski definition) is 1. The van der Waals surface area contributed by atoms with Crippen LogP contribution in [0, 0.1) is 0 Å². The van der Waals surface area contributed by atoms with Gasteiger partial charge in [-0.2, -0.15) is 23.3 Å². The monoisotopic (exact) mass is 332 g/mol. The largest absolute Gasteiger partial charge is 0.438 e. The smallest absolute Gasteiger partial charge is 0.362 e. The first kappa shape index (κ1) is 15.5. The summed E-state index contributed by atoms with van der Waals surface area (Å²) in [6, 6.07) is 0. The summed E-state index contributed by atoms with van der Waals surface area (Å²) in [4.78, 5) is 13.6. The topological polar surface area (TPSA) is 52.9 Å². The number of thiophene rings is 1. The van der Waals surface area contributed by atoms with Gasteiger partial charge in [-0.15, -0.1) is 11.3 Å². The molecule has 1 aliphatic heterocycles. The highest BCUT2D eigenvalue weighted by Gasteiger charge is 2.62. The second kappa shape index (κ2) is 5.06. The first-order valence-corrected chi connectivity index (χ1v) is 7.89. The number of amides is 1. The minimum Gasteiger partial charge on any atom is -0.362 e. The molecule has 0 aromatic carbocycles. The van der Waals surface area contributed by atoms with Gasteiger partial charge in [0.05, 0.1) is 5.56 Å². The molecule has 1 aromatic heterocycles. The van der Waals surface area contributed by atoms with E-state index in [1.54, 1.807) is 5.38 Å². The molecule has 1 N–H and O–H groups in total. The zero-order chi connectivity index (χ0) is 16.1. The number of aliphatic hydroxyl groups is 1. The Kier molecular flexibility index (Phi) is 3.56. The molecule has 0 fully saturated rings. The molecular weight excluding hydrogens is 317 g/mol. The predicted octanol–water partition coefficient (Wildman–Crippen LogP) is 3.10. The van der Waals surface area contributed by atoms with Gasteiger partial charge < -0.3 is 5.11 Å². The lowest BCUT2D eigenvalue weighted by Gasteiger charge is -2.32. The van der Waals surface area contributed by atoms with Crippen LogP contribution in [-0.4, -0.2) is 33.6 Å². The molecule has 1 unspecified atom stereocenters. The number of nitrogens with zero attached hydrogens (tertiary/aromatic N) is 2. The molecule has 22 heavy (non-hydrogen) atoms. The van der Waals surface area contributed by atoms with E-state index in [4.69, 9.17) is 0 Å². The molecule has 8 heteroatoms. The number of alkyl halides is 3. The molecule has 3 rings (SSSR count). The highest BCUT2D eigenvalue weighted by atomic mass is 32.1. The molecule has 0 saturated heterocycles. The van der Waals surface area contributed by atoms with Gasteiger partial charge in [-0.3, -0.25) is 4.79 Å². The van der Waals surface area contributed by atoms with Gasteiger partial charge in [-0.25, -0.2) is 0 Å². The van der Waals surface area contributed by atoms with Crippen molar-refractivity contribution in [3.05, 3.63) is 21.4 Å². The fourth-order valence-electron chi connectivity index (χ4n) is 2.94. The van der Waals surface area contributed by atoms with Crippen molar-refractivity contribution in [1.82, 2.24) is 5.01 Å². The second-order valence-electron chi connectivity index (χ2n) is 5.70. The maximum absolute atomic E-state index is 13.2. The zero-order valence-electron chi connectivity index (χ0n) is 11.9. The van der Waals surface area contributed by atoms with Gasteiger partial charge >= 0.3 is 6.18 Å². The van der Waals surface area contributed by atoms with Crippen molar-refractivity contribution in [1.29, 1.82) is 0 Å². The van der Waals surface area contributed by atoms with Crippen LogP contribution in [0.3, 0.4) is 0 Å². The number of aryl methyl sites for hydroxylation is 1. The van der Waals surface area contributed by atoms with Crippen molar-refractivity contribution in [3.8, 4) is 0 Å². The number of hydrogen-bond acceptors (Lipinski definition) is 4. The third-order valence-electron chi connectivity index (χ3n) is 4.06. The van der Waals surface area contributed by atoms with Gasteiger partial charge in [-0.1, -0.05) is 0 Å².